The fraction of sp³-hybridized carbons (Fsp3) is 0.136. The van der Waals surface area contributed by atoms with Crippen molar-refractivity contribution in [1.29, 1.82) is 0 Å². The molecule has 1 amide bonds. The van der Waals surface area contributed by atoms with Crippen molar-refractivity contribution in [2.45, 2.75) is 18.6 Å². The van der Waals surface area contributed by atoms with E-state index in [-0.39, 0.29) is 11.7 Å². The second kappa shape index (κ2) is 9.32. The van der Waals surface area contributed by atoms with Crippen LogP contribution in [0.2, 0.25) is 0 Å². The molecule has 1 N–H and O–H groups in total. The van der Waals surface area contributed by atoms with E-state index in [1.165, 1.54) is 11.8 Å². The van der Waals surface area contributed by atoms with Gasteiger partial charge < -0.3 is 9.73 Å². The molecule has 4 rings (SSSR count). The molecule has 0 saturated carbocycles. The maximum absolute atomic E-state index is 12.5. The van der Waals surface area contributed by atoms with E-state index in [1.807, 2.05) is 72.2 Å². The van der Waals surface area contributed by atoms with Gasteiger partial charge in [-0.3, -0.25) is 9.36 Å². The fourth-order valence-corrected chi connectivity index (χ4v) is 4.19. The highest BCUT2D eigenvalue weighted by atomic mass is 79.9. The average molecular weight is 483 g/mol. The van der Waals surface area contributed by atoms with Gasteiger partial charge in [0.25, 0.3) is 0 Å². The summed E-state index contributed by atoms with van der Waals surface area (Å²) >= 11 is 4.78. The number of hydrogen-bond donors (Lipinski definition) is 1. The minimum absolute atomic E-state index is 0.0979. The number of nitrogens with one attached hydrogen (secondary N) is 1. The molecule has 0 aliphatic heterocycles. The zero-order chi connectivity index (χ0) is 20.9. The van der Waals surface area contributed by atoms with Crippen LogP contribution in [0.1, 0.15) is 11.3 Å². The van der Waals surface area contributed by atoms with Crippen LogP contribution < -0.4 is 5.32 Å². The number of aryl methyl sites for hydroxylation is 1. The van der Waals surface area contributed by atoms with Crippen LogP contribution in [0.25, 0.3) is 11.4 Å². The van der Waals surface area contributed by atoms with Gasteiger partial charge >= 0.3 is 0 Å². The first kappa shape index (κ1) is 20.4. The first-order valence-corrected chi connectivity index (χ1v) is 11.1. The maximum atomic E-state index is 12.5. The molecule has 0 spiro atoms. The minimum Gasteiger partial charge on any atom is -0.467 e. The summed E-state index contributed by atoms with van der Waals surface area (Å²) in [4.78, 5) is 12.5. The molecule has 0 fully saturated rings. The number of rotatable bonds is 7. The summed E-state index contributed by atoms with van der Waals surface area (Å²) in [6.07, 6.45) is 1.64. The minimum atomic E-state index is -0.0979. The summed E-state index contributed by atoms with van der Waals surface area (Å²) in [6.45, 7) is 2.44. The summed E-state index contributed by atoms with van der Waals surface area (Å²) < 4.78 is 8.46. The molecule has 4 aromatic rings. The van der Waals surface area contributed by atoms with Crippen molar-refractivity contribution in [1.82, 2.24) is 14.8 Å². The van der Waals surface area contributed by atoms with E-state index in [2.05, 4.69) is 31.4 Å². The third-order valence-corrected chi connectivity index (χ3v) is 5.90. The Bertz CT molecular complexity index is 1140. The van der Waals surface area contributed by atoms with E-state index in [0.717, 1.165) is 32.9 Å². The van der Waals surface area contributed by atoms with Crippen molar-refractivity contribution in [3.8, 4) is 11.4 Å². The number of carbonyl (C=O) groups excluding carboxylic acids is 1. The average Bonchev–Trinajstić information content (AvgIpc) is 3.40. The van der Waals surface area contributed by atoms with Gasteiger partial charge in [-0.05, 0) is 42.8 Å². The van der Waals surface area contributed by atoms with E-state index in [0.29, 0.717) is 11.7 Å². The van der Waals surface area contributed by atoms with Crippen molar-refractivity contribution in [2.75, 3.05) is 11.1 Å². The Labute approximate surface area is 186 Å². The maximum Gasteiger partial charge on any atom is 0.234 e. The molecule has 0 bridgehead atoms. The molecule has 0 saturated heterocycles. The molecule has 0 atom stereocenters. The summed E-state index contributed by atoms with van der Waals surface area (Å²) in [6, 6.07) is 19.4. The molecule has 2 heterocycles. The number of benzene rings is 2. The number of carbonyl (C=O) groups is 1. The van der Waals surface area contributed by atoms with Crippen LogP contribution in [0.4, 0.5) is 5.69 Å². The Balaban J connectivity index is 1.52. The number of thioether (sulfide) groups is 1. The first-order chi connectivity index (χ1) is 14.6. The SMILES string of the molecule is Cc1cc(Br)ccc1NC(=O)CSc1nnc(-c2ccccc2)n1Cc1ccco1. The van der Waals surface area contributed by atoms with Gasteiger partial charge in [-0.25, -0.2) is 0 Å². The number of hydrogen-bond acceptors (Lipinski definition) is 5. The lowest BCUT2D eigenvalue weighted by Crippen LogP contribution is -2.15. The zero-order valence-corrected chi connectivity index (χ0v) is 18.6. The Hall–Kier alpha value is -2.84. The van der Waals surface area contributed by atoms with Crippen LogP contribution in [0, 0.1) is 6.92 Å². The lowest BCUT2D eigenvalue weighted by atomic mass is 10.2. The molecule has 2 aromatic heterocycles. The second-order valence-electron chi connectivity index (χ2n) is 6.63. The Morgan fingerprint density at radius 1 is 1.13 bits per heavy atom. The molecule has 8 heteroatoms. The molecular formula is C22H19BrN4O2S. The van der Waals surface area contributed by atoms with E-state index in [9.17, 15) is 4.79 Å². The van der Waals surface area contributed by atoms with E-state index < -0.39 is 0 Å². The van der Waals surface area contributed by atoms with Gasteiger partial charge in [-0.2, -0.15) is 0 Å². The highest BCUT2D eigenvalue weighted by Gasteiger charge is 2.17. The van der Waals surface area contributed by atoms with Gasteiger partial charge in [-0.15, -0.1) is 10.2 Å². The molecule has 30 heavy (non-hydrogen) atoms. The van der Waals surface area contributed by atoms with Crippen LogP contribution in [0.15, 0.2) is 81.0 Å². The highest BCUT2D eigenvalue weighted by molar-refractivity contribution is 9.10. The number of nitrogens with zero attached hydrogens (tertiary/aromatic N) is 3. The third-order valence-electron chi connectivity index (χ3n) is 4.44. The van der Waals surface area contributed by atoms with Crippen molar-refractivity contribution in [3.05, 3.63) is 82.7 Å². The number of halogens is 1. The predicted octanol–water partition coefficient (Wildman–Crippen LogP) is 5.39. The molecule has 152 valence electrons. The van der Waals surface area contributed by atoms with Crippen molar-refractivity contribution < 1.29 is 9.21 Å². The summed E-state index contributed by atoms with van der Waals surface area (Å²) in [5.41, 5.74) is 2.75. The first-order valence-electron chi connectivity index (χ1n) is 9.30. The number of anilines is 1. The quantitative estimate of drug-likeness (QED) is 0.357. The molecule has 0 aliphatic carbocycles. The van der Waals surface area contributed by atoms with Gasteiger partial charge in [-0.1, -0.05) is 58.0 Å². The topological polar surface area (TPSA) is 73.0 Å². The van der Waals surface area contributed by atoms with Crippen LogP contribution in [-0.2, 0) is 11.3 Å². The monoisotopic (exact) mass is 482 g/mol. The lowest BCUT2D eigenvalue weighted by molar-refractivity contribution is -0.113. The summed E-state index contributed by atoms with van der Waals surface area (Å²) in [5.74, 6) is 1.65. The second-order valence-corrected chi connectivity index (χ2v) is 8.49. The van der Waals surface area contributed by atoms with Crippen LogP contribution >= 0.6 is 27.7 Å². The predicted molar refractivity (Wildman–Crippen MR) is 122 cm³/mol. The normalized spacial score (nSPS) is 10.9. The molecule has 0 radical (unpaired) electrons. The summed E-state index contributed by atoms with van der Waals surface area (Å²) in [7, 11) is 0. The van der Waals surface area contributed by atoms with Gasteiger partial charge in [0.2, 0.25) is 5.91 Å². The van der Waals surface area contributed by atoms with Gasteiger partial charge in [0.05, 0.1) is 18.6 Å². The Morgan fingerprint density at radius 3 is 2.70 bits per heavy atom. The number of amides is 1. The van der Waals surface area contributed by atoms with Crippen LogP contribution in [0.5, 0.6) is 0 Å². The third kappa shape index (κ3) is 4.83. The van der Waals surface area contributed by atoms with Crippen LogP contribution in [-0.4, -0.2) is 26.4 Å². The molecule has 0 unspecified atom stereocenters. The van der Waals surface area contributed by atoms with Crippen molar-refractivity contribution in [2.24, 2.45) is 0 Å². The van der Waals surface area contributed by atoms with E-state index in [1.54, 1.807) is 6.26 Å². The Morgan fingerprint density at radius 2 is 1.97 bits per heavy atom. The van der Waals surface area contributed by atoms with Crippen molar-refractivity contribution in [3.63, 3.8) is 0 Å². The van der Waals surface area contributed by atoms with Crippen molar-refractivity contribution >= 4 is 39.3 Å². The highest BCUT2D eigenvalue weighted by Crippen LogP contribution is 2.26. The molecular weight excluding hydrogens is 464 g/mol. The smallest absolute Gasteiger partial charge is 0.234 e. The van der Waals surface area contributed by atoms with Gasteiger partial charge in [0, 0.05) is 15.7 Å². The van der Waals surface area contributed by atoms with E-state index in [4.69, 9.17) is 4.42 Å². The molecule has 2 aromatic carbocycles. The summed E-state index contributed by atoms with van der Waals surface area (Å²) in [5, 5.41) is 12.3. The molecule has 0 aliphatic rings. The fourth-order valence-electron chi connectivity index (χ4n) is 2.98. The Kier molecular flexibility index (Phi) is 6.35. The number of furan rings is 1. The van der Waals surface area contributed by atoms with Gasteiger partial charge in [0.1, 0.15) is 5.76 Å². The largest absolute Gasteiger partial charge is 0.467 e. The zero-order valence-electron chi connectivity index (χ0n) is 16.2. The van der Waals surface area contributed by atoms with Crippen LogP contribution in [0.3, 0.4) is 0 Å². The van der Waals surface area contributed by atoms with E-state index >= 15 is 0 Å². The van der Waals surface area contributed by atoms with Gasteiger partial charge in [0.15, 0.2) is 11.0 Å². The number of aromatic nitrogens is 3. The standard InChI is InChI=1S/C22H19BrN4O2S/c1-15-12-17(23)9-10-19(15)24-20(28)14-30-22-26-25-21(16-6-3-2-4-7-16)27(22)13-18-8-5-11-29-18/h2-12H,13-14H2,1H3,(H,24,28). The lowest BCUT2D eigenvalue weighted by Gasteiger charge is -2.10. The molecule has 6 nitrogen and oxygen atoms in total.